The molecule has 2 N–H and O–H groups in total. The number of H-pyrrole nitrogens is 1. The van der Waals surface area contributed by atoms with Crippen LogP contribution in [-0.4, -0.2) is 84.2 Å². The lowest BCUT2D eigenvalue weighted by atomic mass is 9.98. The summed E-state index contributed by atoms with van der Waals surface area (Å²) < 4.78 is 26.7. The monoisotopic (exact) mass is 567 g/mol. The molecule has 11 nitrogen and oxygen atoms in total. The van der Waals surface area contributed by atoms with E-state index in [0.717, 1.165) is 18.7 Å². The number of allylic oxidation sites excluding steroid dienone is 4. The van der Waals surface area contributed by atoms with E-state index in [4.69, 9.17) is 0 Å². The Morgan fingerprint density at radius 3 is 2.65 bits per heavy atom. The van der Waals surface area contributed by atoms with Crippen molar-refractivity contribution in [3.05, 3.63) is 85.0 Å². The largest absolute Gasteiger partial charge is 0.358 e. The SMILES string of the molecule is Cc1[nH]c(C=C2C(=O)NC3=CCC(S(=O)(=O)CC4=C([N+](=O)[O-])C=CCC4)C=C32)c(C)c1C(=O)N1CCN(C)CC1. The molecule has 3 heterocycles. The molecule has 2 aliphatic heterocycles. The van der Waals surface area contributed by atoms with Crippen LogP contribution < -0.4 is 5.32 Å². The van der Waals surface area contributed by atoms with Crippen molar-refractivity contribution < 1.29 is 22.9 Å². The highest BCUT2D eigenvalue weighted by Crippen LogP contribution is 2.35. The summed E-state index contributed by atoms with van der Waals surface area (Å²) in [6.07, 6.45) is 9.01. The maximum atomic E-state index is 13.4. The zero-order valence-electron chi connectivity index (χ0n) is 22.8. The molecular formula is C28H33N5O6S. The number of aromatic amines is 1. The van der Waals surface area contributed by atoms with Gasteiger partial charge in [-0.25, -0.2) is 8.42 Å². The van der Waals surface area contributed by atoms with Crippen molar-refractivity contribution >= 4 is 27.7 Å². The quantitative estimate of drug-likeness (QED) is 0.305. The van der Waals surface area contributed by atoms with E-state index in [1.54, 1.807) is 24.3 Å². The van der Waals surface area contributed by atoms with Crippen LogP contribution in [0.3, 0.4) is 0 Å². The number of nitrogens with zero attached hydrogens (tertiary/aromatic N) is 3. The minimum atomic E-state index is -3.79. The maximum Gasteiger partial charge on any atom is 0.269 e. The van der Waals surface area contributed by atoms with Crippen LogP contribution in [0.5, 0.6) is 0 Å². The van der Waals surface area contributed by atoms with Gasteiger partial charge in [0.2, 0.25) is 0 Å². The fourth-order valence-corrected chi connectivity index (χ4v) is 7.41. The molecule has 0 bridgehead atoms. The summed E-state index contributed by atoms with van der Waals surface area (Å²) in [5.41, 5.74) is 4.10. The summed E-state index contributed by atoms with van der Waals surface area (Å²) in [6, 6.07) is 0. The molecule has 1 aromatic heterocycles. The highest BCUT2D eigenvalue weighted by atomic mass is 32.2. The molecule has 5 rings (SSSR count). The van der Waals surface area contributed by atoms with Crippen molar-refractivity contribution in [3.63, 3.8) is 0 Å². The summed E-state index contributed by atoms with van der Waals surface area (Å²) >= 11 is 0. The highest BCUT2D eigenvalue weighted by molar-refractivity contribution is 7.92. The number of likely N-dealkylation sites (N-methyl/N-ethyl adjacent to an activating group) is 1. The fraction of sp³-hybridized carbons (Fsp3) is 0.429. The Kier molecular flexibility index (Phi) is 7.40. The highest BCUT2D eigenvalue weighted by Gasteiger charge is 2.36. The molecule has 1 aromatic rings. The standard InChI is InChI=1S/C28H33N5O6S/c1-17-24(29-18(2)26(17)28(35)32-12-10-31(3)11-13-32)15-22-21-14-20(8-9-23(21)30-27(22)34)40(38,39)16-19-6-4-5-7-25(19)33(36)37/h5,7,9,14-15,20,29H,4,6,8,10-13,16H2,1-3H3,(H,30,34). The lowest BCUT2D eigenvalue weighted by Gasteiger charge is -2.32. The molecule has 212 valence electrons. The summed E-state index contributed by atoms with van der Waals surface area (Å²) in [5, 5.41) is 13.3. The Labute approximate surface area is 233 Å². The van der Waals surface area contributed by atoms with Crippen LogP contribution in [0, 0.1) is 24.0 Å². The summed E-state index contributed by atoms with van der Waals surface area (Å²) in [5.74, 6) is -0.812. The number of aromatic nitrogens is 1. The van der Waals surface area contributed by atoms with Gasteiger partial charge in [-0.1, -0.05) is 18.2 Å². The number of sulfone groups is 1. The number of hydrogen-bond donors (Lipinski definition) is 2. The summed E-state index contributed by atoms with van der Waals surface area (Å²) in [7, 11) is -1.76. The molecule has 2 amide bonds. The lowest BCUT2D eigenvalue weighted by Crippen LogP contribution is -2.47. The van der Waals surface area contributed by atoms with Gasteiger partial charge in [-0.15, -0.1) is 0 Å². The van der Waals surface area contributed by atoms with Crippen molar-refractivity contribution in [2.24, 2.45) is 0 Å². The molecule has 1 atom stereocenters. The second kappa shape index (κ2) is 10.7. The van der Waals surface area contributed by atoms with Crippen molar-refractivity contribution in [2.45, 2.75) is 38.4 Å². The number of aryl methyl sites for hydroxylation is 1. The molecular weight excluding hydrogens is 534 g/mol. The van der Waals surface area contributed by atoms with E-state index in [9.17, 15) is 28.1 Å². The van der Waals surface area contributed by atoms with Crippen molar-refractivity contribution in [3.8, 4) is 0 Å². The Morgan fingerprint density at radius 2 is 1.95 bits per heavy atom. The molecule has 0 spiro atoms. The van der Waals surface area contributed by atoms with E-state index in [1.165, 1.54) is 6.08 Å². The predicted molar refractivity (Wildman–Crippen MR) is 151 cm³/mol. The van der Waals surface area contributed by atoms with Gasteiger partial charge < -0.3 is 20.1 Å². The number of fused-ring (bicyclic) bond motifs is 1. The summed E-state index contributed by atoms with van der Waals surface area (Å²) in [6.45, 7) is 6.57. The second-order valence-corrected chi connectivity index (χ2v) is 13.0. The van der Waals surface area contributed by atoms with Gasteiger partial charge in [0.1, 0.15) is 0 Å². The number of piperazine rings is 1. The maximum absolute atomic E-state index is 13.4. The van der Waals surface area contributed by atoms with Crippen molar-refractivity contribution in [1.82, 2.24) is 20.1 Å². The molecule has 12 heteroatoms. The molecule has 2 fully saturated rings. The number of nitrogens with one attached hydrogen (secondary N) is 2. The molecule has 1 unspecified atom stereocenters. The summed E-state index contributed by atoms with van der Waals surface area (Å²) in [4.78, 5) is 44.4. The Morgan fingerprint density at radius 1 is 1.23 bits per heavy atom. The van der Waals surface area contributed by atoms with Gasteiger partial charge in [0, 0.05) is 60.5 Å². The van der Waals surface area contributed by atoms with E-state index < -0.39 is 25.8 Å². The molecule has 2 saturated heterocycles. The van der Waals surface area contributed by atoms with Crippen LogP contribution in [0.25, 0.3) is 6.08 Å². The van der Waals surface area contributed by atoms with Gasteiger partial charge in [-0.3, -0.25) is 19.7 Å². The number of amides is 2. The van der Waals surface area contributed by atoms with Gasteiger partial charge in [-0.05, 0) is 51.8 Å². The van der Waals surface area contributed by atoms with Crippen molar-refractivity contribution in [1.29, 1.82) is 0 Å². The van der Waals surface area contributed by atoms with Crippen LogP contribution >= 0.6 is 0 Å². The van der Waals surface area contributed by atoms with Crippen LogP contribution in [0.1, 0.15) is 46.6 Å². The third kappa shape index (κ3) is 5.20. The fourth-order valence-electron chi connectivity index (χ4n) is 5.68. The van der Waals surface area contributed by atoms with Gasteiger partial charge >= 0.3 is 0 Å². The number of carbonyl (C=O) groups excluding carboxylic acids is 2. The topological polar surface area (TPSA) is 146 Å². The Bertz CT molecular complexity index is 1550. The Balaban J connectivity index is 1.44. The molecule has 0 saturated carbocycles. The van der Waals surface area contributed by atoms with Crippen LogP contribution in [0.2, 0.25) is 0 Å². The van der Waals surface area contributed by atoms with E-state index >= 15 is 0 Å². The molecule has 0 radical (unpaired) electrons. The first kappa shape index (κ1) is 27.8. The van der Waals surface area contributed by atoms with Crippen LogP contribution in [0.15, 0.2) is 52.4 Å². The second-order valence-electron chi connectivity index (χ2n) is 10.7. The zero-order chi connectivity index (χ0) is 28.8. The van der Waals surface area contributed by atoms with Crippen molar-refractivity contribution in [2.75, 3.05) is 39.0 Å². The third-order valence-electron chi connectivity index (χ3n) is 8.03. The third-order valence-corrected chi connectivity index (χ3v) is 10.0. The first-order valence-corrected chi connectivity index (χ1v) is 15.0. The van der Waals surface area contributed by atoms with E-state index in [1.807, 2.05) is 25.8 Å². The number of nitro groups is 1. The average molecular weight is 568 g/mol. The molecule has 40 heavy (non-hydrogen) atoms. The van der Waals surface area contributed by atoms with E-state index in [-0.39, 0.29) is 23.9 Å². The van der Waals surface area contributed by atoms with Gasteiger partial charge in [0.25, 0.3) is 17.5 Å². The van der Waals surface area contributed by atoms with Crippen LogP contribution in [-0.2, 0) is 14.6 Å². The van der Waals surface area contributed by atoms with Crippen LogP contribution in [0.4, 0.5) is 0 Å². The van der Waals surface area contributed by atoms with Gasteiger partial charge in [-0.2, -0.15) is 0 Å². The Hall–Kier alpha value is -3.77. The van der Waals surface area contributed by atoms with E-state index in [2.05, 4.69) is 15.2 Å². The smallest absolute Gasteiger partial charge is 0.269 e. The normalized spacial score (nSPS) is 22.8. The molecule has 4 aliphatic rings. The minimum absolute atomic E-state index is 0.0514. The predicted octanol–water partition coefficient (Wildman–Crippen LogP) is 2.41. The first-order chi connectivity index (χ1) is 19.0. The minimum Gasteiger partial charge on any atom is -0.358 e. The number of hydrogen-bond acceptors (Lipinski definition) is 7. The molecule has 0 aromatic carbocycles. The lowest BCUT2D eigenvalue weighted by molar-refractivity contribution is -0.420. The van der Waals surface area contributed by atoms with Gasteiger partial charge in [0.15, 0.2) is 9.84 Å². The number of carbonyl (C=O) groups is 2. The van der Waals surface area contributed by atoms with Gasteiger partial charge in [0.05, 0.1) is 27.1 Å². The molecule has 2 aliphatic carbocycles. The zero-order valence-corrected chi connectivity index (χ0v) is 23.6. The first-order valence-electron chi connectivity index (χ1n) is 13.3. The number of rotatable bonds is 6. The average Bonchev–Trinajstić information content (AvgIpc) is 3.37. The van der Waals surface area contributed by atoms with E-state index in [0.29, 0.717) is 65.3 Å².